The van der Waals surface area contributed by atoms with Crippen LogP contribution in [0.4, 0.5) is 5.69 Å². The lowest BCUT2D eigenvalue weighted by Gasteiger charge is -2.34. The van der Waals surface area contributed by atoms with Crippen LogP contribution < -0.4 is 5.32 Å². The van der Waals surface area contributed by atoms with Gasteiger partial charge in [0.15, 0.2) is 0 Å². The number of benzene rings is 1. The summed E-state index contributed by atoms with van der Waals surface area (Å²) in [6.07, 6.45) is 1.39. The van der Waals surface area contributed by atoms with Crippen molar-refractivity contribution in [2.45, 2.75) is 13.8 Å². The molecule has 1 aliphatic heterocycles. The van der Waals surface area contributed by atoms with Gasteiger partial charge in [0.2, 0.25) is 5.91 Å². The Labute approximate surface area is 146 Å². The Bertz CT molecular complexity index is 716. The average molecular weight is 347 g/mol. The summed E-state index contributed by atoms with van der Waals surface area (Å²) in [5.41, 5.74) is 1.67. The van der Waals surface area contributed by atoms with E-state index in [1.165, 1.54) is 13.1 Å². The van der Waals surface area contributed by atoms with E-state index in [1.807, 2.05) is 25.1 Å². The summed E-state index contributed by atoms with van der Waals surface area (Å²) in [5.74, 6) is -0.345. The van der Waals surface area contributed by atoms with Crippen LogP contribution >= 0.6 is 11.6 Å². The summed E-state index contributed by atoms with van der Waals surface area (Å²) in [7, 11) is 0. The van der Waals surface area contributed by atoms with Crippen molar-refractivity contribution >= 4 is 29.1 Å². The first-order valence-electron chi connectivity index (χ1n) is 7.60. The molecule has 24 heavy (non-hydrogen) atoms. The molecule has 1 N–H and O–H groups in total. The number of amides is 2. The highest BCUT2D eigenvalue weighted by atomic mass is 35.5. The van der Waals surface area contributed by atoms with Crippen molar-refractivity contribution in [2.75, 3.05) is 31.5 Å². The summed E-state index contributed by atoms with van der Waals surface area (Å²) < 4.78 is 0. The van der Waals surface area contributed by atoms with E-state index in [1.54, 1.807) is 15.9 Å². The molecule has 0 unspecified atom stereocenters. The molecule has 1 aromatic rings. The second kappa shape index (κ2) is 7.84. The molecule has 2 rings (SSSR count). The number of rotatable bonds is 3. The highest BCUT2D eigenvalue weighted by Crippen LogP contribution is 2.20. The van der Waals surface area contributed by atoms with Crippen LogP contribution in [0.1, 0.15) is 12.5 Å². The van der Waals surface area contributed by atoms with Crippen LogP contribution in [0.3, 0.4) is 0 Å². The monoisotopic (exact) mass is 346 g/mol. The van der Waals surface area contributed by atoms with Gasteiger partial charge >= 0.3 is 0 Å². The Kier molecular flexibility index (Phi) is 5.83. The molecule has 7 heteroatoms. The smallest absolute Gasteiger partial charge is 0.266 e. The third kappa shape index (κ3) is 4.27. The largest absolute Gasteiger partial charge is 0.360 e. The summed E-state index contributed by atoms with van der Waals surface area (Å²) in [5, 5.41) is 12.8. The maximum Gasteiger partial charge on any atom is 0.266 e. The van der Waals surface area contributed by atoms with E-state index in [4.69, 9.17) is 11.6 Å². The predicted molar refractivity (Wildman–Crippen MR) is 92.3 cm³/mol. The highest BCUT2D eigenvalue weighted by molar-refractivity contribution is 6.31. The lowest BCUT2D eigenvalue weighted by molar-refractivity contribution is -0.136. The number of hydrogen-bond acceptors (Lipinski definition) is 4. The van der Waals surface area contributed by atoms with Crippen molar-refractivity contribution in [2.24, 2.45) is 0 Å². The van der Waals surface area contributed by atoms with Gasteiger partial charge in [-0.05, 0) is 24.6 Å². The maximum absolute atomic E-state index is 12.4. The normalized spacial score (nSPS) is 15.0. The fraction of sp³-hybridized carbons (Fsp3) is 0.353. The molecule has 1 aromatic carbocycles. The van der Waals surface area contributed by atoms with Gasteiger partial charge in [-0.25, -0.2) is 0 Å². The van der Waals surface area contributed by atoms with Gasteiger partial charge in [-0.15, -0.1) is 0 Å². The molecule has 126 valence electrons. The number of nitriles is 1. The lowest BCUT2D eigenvalue weighted by atomic mass is 10.2. The van der Waals surface area contributed by atoms with E-state index in [0.29, 0.717) is 36.9 Å². The molecule has 2 amide bonds. The maximum atomic E-state index is 12.4. The Morgan fingerprint density at radius 1 is 1.25 bits per heavy atom. The summed E-state index contributed by atoms with van der Waals surface area (Å²) in [6.45, 7) is 5.23. The third-order valence-electron chi connectivity index (χ3n) is 3.92. The standard InChI is InChI=1S/C17H19ClN4O2/c1-12-3-4-15(9-16(12)18)20-11-14(10-19)17(24)22-7-5-21(6-8-22)13(2)23/h3-4,9,11,20H,5-8H2,1-2H3/b14-11-. The predicted octanol–water partition coefficient (Wildman–Crippen LogP) is 2.16. The minimum absolute atomic E-state index is 0.00364. The number of halogens is 1. The number of nitrogens with one attached hydrogen (secondary N) is 1. The molecule has 0 atom stereocenters. The number of nitrogens with zero attached hydrogens (tertiary/aromatic N) is 3. The number of hydrogen-bond donors (Lipinski definition) is 1. The number of anilines is 1. The van der Waals surface area contributed by atoms with Crippen molar-refractivity contribution in [3.05, 3.63) is 40.6 Å². The van der Waals surface area contributed by atoms with Gasteiger partial charge in [-0.1, -0.05) is 17.7 Å². The lowest BCUT2D eigenvalue weighted by Crippen LogP contribution is -2.50. The van der Waals surface area contributed by atoms with E-state index >= 15 is 0 Å². The second-order valence-corrected chi connectivity index (χ2v) is 5.98. The van der Waals surface area contributed by atoms with E-state index in [0.717, 1.165) is 5.56 Å². The van der Waals surface area contributed by atoms with Crippen molar-refractivity contribution in [3.8, 4) is 6.07 Å². The van der Waals surface area contributed by atoms with E-state index in [2.05, 4.69) is 5.32 Å². The first kappa shape index (κ1) is 17.8. The van der Waals surface area contributed by atoms with Gasteiger partial charge in [0.05, 0.1) is 0 Å². The molecule has 0 radical (unpaired) electrons. The Hall–Kier alpha value is -2.52. The zero-order chi connectivity index (χ0) is 17.7. The van der Waals surface area contributed by atoms with Crippen LogP contribution in [0, 0.1) is 18.3 Å². The molecule has 1 aliphatic rings. The molecule has 1 saturated heterocycles. The van der Waals surface area contributed by atoms with Gasteiger partial charge in [-0.2, -0.15) is 5.26 Å². The molecule has 0 aliphatic carbocycles. The number of carbonyl (C=O) groups excluding carboxylic acids is 2. The summed E-state index contributed by atoms with van der Waals surface area (Å²) in [6, 6.07) is 7.33. The van der Waals surface area contributed by atoms with Crippen LogP contribution in [0.25, 0.3) is 0 Å². The molecule has 0 bridgehead atoms. The topological polar surface area (TPSA) is 76.4 Å². The Balaban J connectivity index is 2.02. The molecular weight excluding hydrogens is 328 g/mol. The molecule has 0 aromatic heterocycles. The highest BCUT2D eigenvalue weighted by Gasteiger charge is 2.24. The number of aryl methyl sites for hydroxylation is 1. The van der Waals surface area contributed by atoms with Crippen molar-refractivity contribution < 1.29 is 9.59 Å². The van der Waals surface area contributed by atoms with Crippen molar-refractivity contribution in [1.29, 1.82) is 5.26 Å². The zero-order valence-electron chi connectivity index (χ0n) is 13.7. The number of carbonyl (C=O) groups is 2. The van der Waals surface area contributed by atoms with Gasteiger partial charge < -0.3 is 15.1 Å². The average Bonchev–Trinajstić information content (AvgIpc) is 2.58. The van der Waals surface area contributed by atoms with Gasteiger partial charge in [0, 0.05) is 50.0 Å². The third-order valence-corrected chi connectivity index (χ3v) is 4.33. The van der Waals surface area contributed by atoms with E-state index in [-0.39, 0.29) is 17.4 Å². The van der Waals surface area contributed by atoms with Crippen LogP contribution in [0.5, 0.6) is 0 Å². The quantitative estimate of drug-likeness (QED) is 0.672. The molecule has 0 spiro atoms. The van der Waals surface area contributed by atoms with Crippen LogP contribution in [0.15, 0.2) is 30.0 Å². The number of piperazine rings is 1. The van der Waals surface area contributed by atoms with Crippen LogP contribution in [-0.4, -0.2) is 47.8 Å². The summed E-state index contributed by atoms with van der Waals surface area (Å²) >= 11 is 6.05. The molecular formula is C17H19ClN4O2. The Morgan fingerprint density at radius 2 is 1.88 bits per heavy atom. The van der Waals surface area contributed by atoms with Gasteiger partial charge in [0.25, 0.3) is 5.91 Å². The van der Waals surface area contributed by atoms with E-state index < -0.39 is 0 Å². The fourth-order valence-corrected chi connectivity index (χ4v) is 2.56. The van der Waals surface area contributed by atoms with Crippen molar-refractivity contribution in [1.82, 2.24) is 9.80 Å². The molecule has 0 saturated carbocycles. The fourth-order valence-electron chi connectivity index (χ4n) is 2.37. The first-order valence-corrected chi connectivity index (χ1v) is 7.98. The zero-order valence-corrected chi connectivity index (χ0v) is 14.4. The van der Waals surface area contributed by atoms with Gasteiger partial charge in [0.1, 0.15) is 11.6 Å². The SMILES string of the molecule is CC(=O)N1CCN(C(=O)/C(C#N)=C\Nc2ccc(C)c(Cl)c2)CC1. The minimum atomic E-state index is -0.341. The van der Waals surface area contributed by atoms with Crippen molar-refractivity contribution in [3.63, 3.8) is 0 Å². The molecule has 1 fully saturated rings. The second-order valence-electron chi connectivity index (χ2n) is 5.58. The van der Waals surface area contributed by atoms with Gasteiger partial charge in [-0.3, -0.25) is 9.59 Å². The molecule has 1 heterocycles. The van der Waals surface area contributed by atoms with Crippen LogP contribution in [-0.2, 0) is 9.59 Å². The Morgan fingerprint density at radius 3 is 2.42 bits per heavy atom. The van der Waals surface area contributed by atoms with Crippen LogP contribution in [0.2, 0.25) is 5.02 Å². The first-order chi connectivity index (χ1) is 11.4. The minimum Gasteiger partial charge on any atom is -0.360 e. The van der Waals surface area contributed by atoms with E-state index in [9.17, 15) is 14.9 Å². The summed E-state index contributed by atoms with van der Waals surface area (Å²) in [4.78, 5) is 27.0. The molecule has 6 nitrogen and oxygen atoms in total.